The number of carboxylic acid groups (broad SMARTS) is 2. The highest BCUT2D eigenvalue weighted by Gasteiger charge is 2.35. The van der Waals surface area contributed by atoms with E-state index in [2.05, 4.69) is 10.2 Å². The molecule has 1 aliphatic heterocycles. The van der Waals surface area contributed by atoms with Crippen LogP contribution < -0.4 is 10.6 Å². The molecule has 3 aromatic rings. The SMILES string of the molecule is CS(=O)(=O)c1ccc(N2N=C(C(=O)O)C(=CC=Cc3c(C(=O)O)[nH]n(-c4ccc(S(=O)(=O)O)cc4)c3=O)C2=O)cc1. The highest BCUT2D eigenvalue weighted by molar-refractivity contribution is 7.90. The molecule has 0 atom stereocenters. The van der Waals surface area contributed by atoms with Crippen molar-refractivity contribution >= 4 is 55.3 Å². The maximum Gasteiger partial charge on any atom is 0.357 e. The van der Waals surface area contributed by atoms with Crippen molar-refractivity contribution < 1.29 is 46.0 Å². The molecule has 2 aromatic carbocycles. The first kappa shape index (κ1) is 28.9. The van der Waals surface area contributed by atoms with Gasteiger partial charge >= 0.3 is 11.9 Å². The summed E-state index contributed by atoms with van der Waals surface area (Å²) in [6.45, 7) is 0. The first-order chi connectivity index (χ1) is 19.1. The highest BCUT2D eigenvalue weighted by Crippen LogP contribution is 2.25. The van der Waals surface area contributed by atoms with Gasteiger partial charge in [0.1, 0.15) is 0 Å². The van der Waals surface area contributed by atoms with Crippen molar-refractivity contribution in [2.24, 2.45) is 5.10 Å². The summed E-state index contributed by atoms with van der Waals surface area (Å²) in [5.74, 6) is -3.98. The lowest BCUT2D eigenvalue weighted by Crippen LogP contribution is -2.22. The molecule has 212 valence electrons. The minimum atomic E-state index is -4.51. The second-order valence-electron chi connectivity index (χ2n) is 8.39. The predicted octanol–water partition coefficient (Wildman–Crippen LogP) is 0.941. The number of carbonyl (C=O) groups is 3. The summed E-state index contributed by atoms with van der Waals surface area (Å²) in [5.41, 5.74) is -2.79. The third kappa shape index (κ3) is 5.76. The monoisotopic (exact) mass is 602 g/mol. The fourth-order valence-corrected chi connectivity index (χ4v) is 4.80. The molecule has 0 bridgehead atoms. The largest absolute Gasteiger partial charge is 0.477 e. The lowest BCUT2D eigenvalue weighted by atomic mass is 10.1. The number of nitrogens with one attached hydrogen (secondary N) is 1. The van der Waals surface area contributed by atoms with Crippen molar-refractivity contribution in [3.63, 3.8) is 0 Å². The number of hydrogen-bond donors (Lipinski definition) is 4. The van der Waals surface area contributed by atoms with Crippen LogP contribution in [0.15, 0.2) is 85.9 Å². The van der Waals surface area contributed by atoms with Gasteiger partial charge in [-0.25, -0.2) is 22.7 Å². The number of anilines is 1. The molecule has 15 nitrogen and oxygen atoms in total. The number of carbonyl (C=O) groups excluding carboxylic acids is 1. The number of hydrogen-bond acceptors (Lipinski definition) is 9. The number of H-pyrrole nitrogens is 1. The number of nitrogens with zero attached hydrogens (tertiary/aromatic N) is 3. The maximum atomic E-state index is 13.0. The van der Waals surface area contributed by atoms with E-state index in [1.807, 2.05) is 0 Å². The van der Waals surface area contributed by atoms with Gasteiger partial charge in [-0.2, -0.15) is 18.5 Å². The molecule has 0 spiro atoms. The Balaban J connectivity index is 1.69. The average molecular weight is 603 g/mol. The van der Waals surface area contributed by atoms with Gasteiger partial charge in [-0.15, -0.1) is 0 Å². The van der Waals surface area contributed by atoms with Crippen LogP contribution in [0.1, 0.15) is 16.1 Å². The molecule has 0 saturated carbocycles. The van der Waals surface area contributed by atoms with Crippen LogP contribution in [-0.2, 0) is 29.5 Å². The summed E-state index contributed by atoms with van der Waals surface area (Å²) in [7, 11) is -8.04. The van der Waals surface area contributed by atoms with E-state index in [-0.39, 0.29) is 21.8 Å². The van der Waals surface area contributed by atoms with E-state index >= 15 is 0 Å². The summed E-state index contributed by atoms with van der Waals surface area (Å²) >= 11 is 0. The van der Waals surface area contributed by atoms with Crippen molar-refractivity contribution in [2.45, 2.75) is 9.79 Å². The Hall–Kier alpha value is -5.13. The molecule has 1 amide bonds. The van der Waals surface area contributed by atoms with Gasteiger partial charge in [0.05, 0.1) is 32.3 Å². The third-order valence-electron chi connectivity index (χ3n) is 5.65. The summed E-state index contributed by atoms with van der Waals surface area (Å²) < 4.78 is 55.8. The van der Waals surface area contributed by atoms with E-state index in [1.54, 1.807) is 0 Å². The lowest BCUT2D eigenvalue weighted by molar-refractivity contribution is -0.129. The van der Waals surface area contributed by atoms with Crippen molar-refractivity contribution in [3.8, 4) is 5.69 Å². The molecule has 0 unspecified atom stereocenters. The fourth-order valence-electron chi connectivity index (χ4n) is 3.69. The maximum absolute atomic E-state index is 13.0. The van der Waals surface area contributed by atoms with Gasteiger partial charge in [-0.05, 0) is 60.7 Å². The van der Waals surface area contributed by atoms with Crippen LogP contribution in [0.5, 0.6) is 0 Å². The van der Waals surface area contributed by atoms with E-state index in [4.69, 9.17) is 4.55 Å². The van der Waals surface area contributed by atoms with Crippen LogP contribution in [0.4, 0.5) is 5.69 Å². The topological polar surface area (TPSA) is 234 Å². The van der Waals surface area contributed by atoms with Crippen LogP contribution >= 0.6 is 0 Å². The van der Waals surface area contributed by atoms with E-state index in [0.717, 1.165) is 58.4 Å². The number of aromatic nitrogens is 2. The van der Waals surface area contributed by atoms with E-state index < -0.39 is 65.2 Å². The van der Waals surface area contributed by atoms with Crippen molar-refractivity contribution in [1.82, 2.24) is 9.78 Å². The molecule has 17 heteroatoms. The zero-order valence-electron chi connectivity index (χ0n) is 20.6. The molecule has 4 N–H and O–H groups in total. The second kappa shape index (κ2) is 10.5. The minimum absolute atomic E-state index is 0.0326. The van der Waals surface area contributed by atoms with Gasteiger partial charge < -0.3 is 10.2 Å². The van der Waals surface area contributed by atoms with Gasteiger partial charge in [0, 0.05) is 6.26 Å². The molecule has 1 aromatic heterocycles. The Morgan fingerprint density at radius 2 is 1.44 bits per heavy atom. The number of allylic oxidation sites excluding steroid dienone is 2. The zero-order chi connectivity index (χ0) is 30.3. The average Bonchev–Trinajstić information content (AvgIpc) is 3.40. The summed E-state index contributed by atoms with van der Waals surface area (Å²) in [4.78, 5) is 49.0. The number of amides is 1. The molecule has 1 aliphatic rings. The van der Waals surface area contributed by atoms with E-state index in [9.17, 15) is 46.2 Å². The number of benzene rings is 2. The number of aliphatic carboxylic acids is 1. The normalized spacial score (nSPS) is 15.1. The summed E-state index contributed by atoms with van der Waals surface area (Å²) in [5, 5.41) is 26.0. The van der Waals surface area contributed by atoms with Crippen LogP contribution in [0.2, 0.25) is 0 Å². The summed E-state index contributed by atoms with van der Waals surface area (Å²) in [6.07, 6.45) is 4.11. The smallest absolute Gasteiger partial charge is 0.357 e. The number of rotatable bonds is 8. The molecular formula is C24H18N4O11S2. The van der Waals surface area contributed by atoms with Crippen molar-refractivity contribution in [3.05, 3.63) is 87.9 Å². The lowest BCUT2D eigenvalue weighted by Gasteiger charge is -2.11. The Morgan fingerprint density at radius 1 is 0.878 bits per heavy atom. The Labute approximate surface area is 230 Å². The first-order valence-electron chi connectivity index (χ1n) is 11.1. The molecule has 0 aliphatic carbocycles. The quantitative estimate of drug-likeness (QED) is 0.209. The van der Waals surface area contributed by atoms with Gasteiger partial charge in [0.2, 0.25) is 0 Å². The van der Waals surface area contributed by atoms with Gasteiger partial charge in [-0.1, -0.05) is 6.08 Å². The standard InChI is InChI=1S/C24H18N4O11S2/c1-40(35,36)15-9-5-13(6-10-15)27-21(29)17(19(25-27)23(31)32)3-2-4-18-20(24(33)34)26-28(22(18)30)14-7-11-16(12-8-14)41(37,38)39/h2-12,26H,1H3,(H,31,32)(H,33,34)(H,37,38,39). The summed E-state index contributed by atoms with van der Waals surface area (Å²) in [6, 6.07) is 9.25. The second-order valence-corrected chi connectivity index (χ2v) is 11.8. The fraction of sp³-hybridized carbons (Fsp3) is 0.0417. The number of carboxylic acids is 2. The zero-order valence-corrected chi connectivity index (χ0v) is 22.2. The Kier molecular flexibility index (Phi) is 7.36. The van der Waals surface area contributed by atoms with Crippen molar-refractivity contribution in [2.75, 3.05) is 11.3 Å². The third-order valence-corrected chi connectivity index (χ3v) is 7.65. The first-order valence-corrected chi connectivity index (χ1v) is 14.4. The van der Waals surface area contributed by atoms with Crippen LogP contribution in [-0.4, -0.2) is 71.2 Å². The number of aromatic carboxylic acids is 1. The highest BCUT2D eigenvalue weighted by atomic mass is 32.2. The van der Waals surface area contributed by atoms with Crippen molar-refractivity contribution in [1.29, 1.82) is 0 Å². The van der Waals surface area contributed by atoms with Gasteiger partial charge in [-0.3, -0.25) is 19.2 Å². The van der Waals surface area contributed by atoms with Gasteiger partial charge in [0.25, 0.3) is 21.6 Å². The van der Waals surface area contributed by atoms with E-state index in [1.165, 1.54) is 24.3 Å². The molecule has 0 radical (unpaired) electrons. The van der Waals surface area contributed by atoms with Crippen LogP contribution in [0, 0.1) is 0 Å². The number of sulfone groups is 1. The molecule has 41 heavy (non-hydrogen) atoms. The minimum Gasteiger partial charge on any atom is -0.477 e. The molecule has 0 saturated heterocycles. The van der Waals surface area contributed by atoms with Gasteiger partial charge in [0.15, 0.2) is 21.2 Å². The van der Waals surface area contributed by atoms with Crippen LogP contribution in [0.25, 0.3) is 11.8 Å². The molecular weight excluding hydrogens is 584 g/mol. The molecule has 0 fully saturated rings. The molecule has 2 heterocycles. The van der Waals surface area contributed by atoms with Crippen LogP contribution in [0.3, 0.4) is 0 Å². The number of hydrazone groups is 1. The Bertz CT molecular complexity index is 1970. The van der Waals surface area contributed by atoms with E-state index in [0.29, 0.717) is 0 Å². The predicted molar refractivity (Wildman–Crippen MR) is 142 cm³/mol. The number of aromatic amines is 1. The Morgan fingerprint density at radius 3 is 1.95 bits per heavy atom. The molecule has 4 rings (SSSR count).